The monoisotopic (exact) mass is 288 g/mol. The minimum atomic E-state index is -0.396. The molecule has 19 heavy (non-hydrogen) atoms. The maximum Gasteiger partial charge on any atom is 0.227 e. The summed E-state index contributed by atoms with van der Waals surface area (Å²) in [5.41, 5.74) is 6.27. The average Bonchev–Trinajstić information content (AvgIpc) is 2.78. The molecule has 0 aliphatic heterocycles. The van der Waals surface area contributed by atoms with Crippen LogP contribution in [0.15, 0.2) is 18.2 Å². The maximum atomic E-state index is 13.0. The van der Waals surface area contributed by atoms with Crippen molar-refractivity contribution in [2.75, 3.05) is 12.4 Å². The molecule has 2 unspecified atom stereocenters. The highest BCUT2D eigenvalue weighted by Gasteiger charge is 2.28. The summed E-state index contributed by atoms with van der Waals surface area (Å²) in [5.74, 6) is -0.207. The Bertz CT molecular complexity index is 456. The van der Waals surface area contributed by atoms with E-state index in [9.17, 15) is 9.18 Å². The molecule has 1 aromatic carbocycles. The molecule has 0 saturated heterocycles. The Hall–Kier alpha value is -1.33. The van der Waals surface area contributed by atoms with Gasteiger partial charge in [0.25, 0.3) is 0 Å². The Morgan fingerprint density at radius 1 is 1.47 bits per heavy atom. The predicted molar refractivity (Wildman–Crippen MR) is 74.1 cm³/mol. The van der Waals surface area contributed by atoms with Crippen molar-refractivity contribution in [3.05, 3.63) is 24.0 Å². The topological polar surface area (TPSA) is 64.3 Å². The first-order chi connectivity index (χ1) is 8.60. The van der Waals surface area contributed by atoms with Crippen LogP contribution in [0.5, 0.6) is 5.75 Å². The van der Waals surface area contributed by atoms with Crippen LogP contribution in [0.4, 0.5) is 10.1 Å². The molecule has 2 rings (SSSR count). The third-order valence-corrected chi connectivity index (χ3v) is 3.27. The second-order valence-corrected chi connectivity index (χ2v) is 4.60. The first kappa shape index (κ1) is 15.7. The number of nitrogens with one attached hydrogen (secondary N) is 1. The number of halogens is 2. The van der Waals surface area contributed by atoms with Crippen molar-refractivity contribution in [1.82, 2.24) is 0 Å². The SMILES string of the molecule is COc1cc(F)ccc1NC(=O)C1CCC(N)C1.Cl. The second-order valence-electron chi connectivity index (χ2n) is 4.60. The Labute approximate surface area is 117 Å². The number of carbonyl (C=O) groups excluding carboxylic acids is 1. The van der Waals surface area contributed by atoms with Gasteiger partial charge in [0.05, 0.1) is 12.8 Å². The van der Waals surface area contributed by atoms with E-state index in [0.29, 0.717) is 17.9 Å². The van der Waals surface area contributed by atoms with Crippen LogP contribution in [-0.4, -0.2) is 19.1 Å². The molecule has 1 amide bonds. The fourth-order valence-electron chi connectivity index (χ4n) is 2.26. The van der Waals surface area contributed by atoms with E-state index >= 15 is 0 Å². The molecule has 0 bridgehead atoms. The number of amides is 1. The summed E-state index contributed by atoms with van der Waals surface area (Å²) >= 11 is 0. The minimum absolute atomic E-state index is 0. The zero-order valence-electron chi connectivity index (χ0n) is 10.7. The number of ether oxygens (including phenoxy) is 1. The molecule has 0 radical (unpaired) electrons. The van der Waals surface area contributed by atoms with Gasteiger partial charge in [-0.2, -0.15) is 0 Å². The van der Waals surface area contributed by atoms with Gasteiger partial charge in [0.2, 0.25) is 5.91 Å². The lowest BCUT2D eigenvalue weighted by Gasteiger charge is -2.13. The first-order valence-electron chi connectivity index (χ1n) is 6.00. The number of rotatable bonds is 3. The zero-order chi connectivity index (χ0) is 13.1. The molecule has 0 heterocycles. The van der Waals surface area contributed by atoms with Crippen LogP contribution < -0.4 is 15.8 Å². The molecule has 2 atom stereocenters. The van der Waals surface area contributed by atoms with Gasteiger partial charge >= 0.3 is 0 Å². The highest BCUT2D eigenvalue weighted by Crippen LogP contribution is 2.29. The third kappa shape index (κ3) is 3.81. The summed E-state index contributed by atoms with van der Waals surface area (Å²) in [4.78, 5) is 12.0. The van der Waals surface area contributed by atoms with Crippen LogP contribution in [0.25, 0.3) is 0 Å². The van der Waals surface area contributed by atoms with Crippen molar-refractivity contribution in [3.8, 4) is 5.75 Å². The minimum Gasteiger partial charge on any atom is -0.494 e. The van der Waals surface area contributed by atoms with E-state index in [4.69, 9.17) is 10.5 Å². The summed E-state index contributed by atoms with van der Waals surface area (Å²) in [6, 6.07) is 4.14. The van der Waals surface area contributed by atoms with Crippen LogP contribution in [0.2, 0.25) is 0 Å². The normalized spacial score (nSPS) is 21.6. The predicted octanol–water partition coefficient (Wildman–Crippen LogP) is 2.32. The summed E-state index contributed by atoms with van der Waals surface area (Å²) in [7, 11) is 1.44. The number of hydrogen-bond acceptors (Lipinski definition) is 3. The van der Waals surface area contributed by atoms with Gasteiger partial charge in [0, 0.05) is 18.0 Å². The van der Waals surface area contributed by atoms with Crippen LogP contribution in [0.1, 0.15) is 19.3 Å². The van der Waals surface area contributed by atoms with Crippen molar-refractivity contribution < 1.29 is 13.9 Å². The third-order valence-electron chi connectivity index (χ3n) is 3.27. The average molecular weight is 289 g/mol. The van der Waals surface area contributed by atoms with Crippen LogP contribution in [-0.2, 0) is 4.79 Å². The lowest BCUT2D eigenvalue weighted by molar-refractivity contribution is -0.119. The number of carbonyl (C=O) groups is 1. The van der Waals surface area contributed by atoms with E-state index in [1.807, 2.05) is 0 Å². The van der Waals surface area contributed by atoms with Gasteiger partial charge in [-0.25, -0.2) is 4.39 Å². The van der Waals surface area contributed by atoms with Crippen molar-refractivity contribution in [3.63, 3.8) is 0 Å². The molecule has 1 saturated carbocycles. The molecule has 1 aromatic rings. The molecule has 1 aliphatic carbocycles. The smallest absolute Gasteiger partial charge is 0.227 e. The van der Waals surface area contributed by atoms with Gasteiger partial charge in [-0.05, 0) is 31.4 Å². The van der Waals surface area contributed by atoms with Gasteiger partial charge in [-0.1, -0.05) is 0 Å². The Morgan fingerprint density at radius 3 is 2.79 bits per heavy atom. The number of anilines is 1. The zero-order valence-corrected chi connectivity index (χ0v) is 11.5. The number of hydrogen-bond donors (Lipinski definition) is 2. The molecule has 1 aliphatic rings. The van der Waals surface area contributed by atoms with E-state index in [1.165, 1.54) is 25.3 Å². The molecule has 1 fully saturated rings. The van der Waals surface area contributed by atoms with E-state index in [2.05, 4.69) is 5.32 Å². The Kier molecular flexibility index (Phi) is 5.57. The summed E-state index contributed by atoms with van der Waals surface area (Å²) in [5, 5.41) is 2.76. The summed E-state index contributed by atoms with van der Waals surface area (Å²) in [6.07, 6.45) is 2.38. The van der Waals surface area contributed by atoms with Gasteiger partial charge in [0.1, 0.15) is 11.6 Å². The highest BCUT2D eigenvalue weighted by molar-refractivity contribution is 5.94. The molecule has 6 heteroatoms. The molecule has 0 aromatic heterocycles. The molecule has 3 N–H and O–H groups in total. The van der Waals surface area contributed by atoms with Gasteiger partial charge in [-0.3, -0.25) is 4.79 Å². The standard InChI is InChI=1S/C13H17FN2O2.ClH/c1-18-12-7-9(14)3-5-11(12)16-13(17)8-2-4-10(15)6-8;/h3,5,7-8,10H,2,4,6,15H2,1H3,(H,16,17);1H. The fourth-order valence-corrected chi connectivity index (χ4v) is 2.26. The van der Waals surface area contributed by atoms with Crippen molar-refractivity contribution >= 4 is 24.0 Å². The van der Waals surface area contributed by atoms with Crippen molar-refractivity contribution in [2.45, 2.75) is 25.3 Å². The number of methoxy groups -OCH3 is 1. The van der Waals surface area contributed by atoms with Gasteiger partial charge in [-0.15, -0.1) is 12.4 Å². The largest absolute Gasteiger partial charge is 0.494 e. The van der Waals surface area contributed by atoms with E-state index in [-0.39, 0.29) is 30.3 Å². The van der Waals surface area contributed by atoms with Crippen molar-refractivity contribution in [2.24, 2.45) is 11.7 Å². The maximum absolute atomic E-state index is 13.0. The lowest BCUT2D eigenvalue weighted by Crippen LogP contribution is -2.23. The summed E-state index contributed by atoms with van der Waals surface area (Å²) in [6.45, 7) is 0. The van der Waals surface area contributed by atoms with Crippen LogP contribution in [0, 0.1) is 11.7 Å². The molecular formula is C13H18ClFN2O2. The Morgan fingerprint density at radius 2 is 2.21 bits per heavy atom. The fraction of sp³-hybridized carbons (Fsp3) is 0.462. The Balaban J connectivity index is 0.00000180. The second kappa shape index (κ2) is 6.73. The quantitative estimate of drug-likeness (QED) is 0.897. The van der Waals surface area contributed by atoms with E-state index < -0.39 is 5.82 Å². The van der Waals surface area contributed by atoms with Crippen LogP contribution in [0.3, 0.4) is 0 Å². The molecule has 0 spiro atoms. The molecule has 106 valence electrons. The molecular weight excluding hydrogens is 271 g/mol. The summed E-state index contributed by atoms with van der Waals surface area (Å²) < 4.78 is 18.0. The van der Waals surface area contributed by atoms with E-state index in [0.717, 1.165) is 12.8 Å². The van der Waals surface area contributed by atoms with Gasteiger partial charge < -0.3 is 15.8 Å². The highest BCUT2D eigenvalue weighted by atomic mass is 35.5. The number of nitrogens with two attached hydrogens (primary N) is 1. The number of benzene rings is 1. The van der Waals surface area contributed by atoms with Crippen molar-refractivity contribution in [1.29, 1.82) is 0 Å². The first-order valence-corrected chi connectivity index (χ1v) is 6.00. The molecule has 4 nitrogen and oxygen atoms in total. The lowest BCUT2D eigenvalue weighted by atomic mass is 10.1. The van der Waals surface area contributed by atoms with E-state index in [1.54, 1.807) is 0 Å². The van der Waals surface area contributed by atoms with Crippen LogP contribution >= 0.6 is 12.4 Å². The van der Waals surface area contributed by atoms with Gasteiger partial charge in [0.15, 0.2) is 0 Å².